The van der Waals surface area contributed by atoms with Gasteiger partial charge in [0.05, 0.1) is 5.52 Å². The molecule has 0 saturated heterocycles. The highest BCUT2D eigenvalue weighted by Gasteiger charge is 2.29. The Morgan fingerprint density at radius 1 is 1.33 bits per heavy atom. The second kappa shape index (κ2) is 3.11. The van der Waals surface area contributed by atoms with Crippen LogP contribution in [0.4, 0.5) is 13.2 Å². The Balaban J connectivity index is 2.50. The van der Waals surface area contributed by atoms with E-state index >= 15 is 0 Å². The van der Waals surface area contributed by atoms with Gasteiger partial charge in [-0.3, -0.25) is 0 Å². The fraction of sp³-hybridized carbons (Fsp3) is 0.250. The summed E-state index contributed by atoms with van der Waals surface area (Å²) in [6.07, 6.45) is -4.36. The van der Waals surface area contributed by atoms with Crippen molar-refractivity contribution in [1.82, 2.24) is 15.0 Å². The minimum atomic E-state index is -4.36. The van der Waals surface area contributed by atoms with Crippen LogP contribution in [0.1, 0.15) is 0 Å². The Morgan fingerprint density at radius 3 is 2.73 bits per heavy atom. The fourth-order valence-corrected chi connectivity index (χ4v) is 1.26. The Bertz CT molecular complexity index is 491. The van der Waals surface area contributed by atoms with Gasteiger partial charge in [-0.1, -0.05) is 11.3 Å². The lowest BCUT2D eigenvalue weighted by Crippen LogP contribution is -2.18. The Hall–Kier alpha value is -1.79. The van der Waals surface area contributed by atoms with Crippen molar-refractivity contribution >= 4 is 11.0 Å². The van der Waals surface area contributed by atoms with E-state index in [4.69, 9.17) is 0 Å². The van der Waals surface area contributed by atoms with Gasteiger partial charge in [0, 0.05) is 0 Å². The number of alkyl halides is 3. The first-order valence-electron chi connectivity index (χ1n) is 4.05. The Morgan fingerprint density at radius 2 is 2.07 bits per heavy atom. The van der Waals surface area contributed by atoms with Gasteiger partial charge < -0.3 is 5.11 Å². The van der Waals surface area contributed by atoms with Crippen LogP contribution in [-0.4, -0.2) is 26.3 Å². The average Bonchev–Trinajstić information content (AvgIpc) is 2.48. The molecule has 0 unspecified atom stereocenters. The lowest BCUT2D eigenvalue weighted by molar-refractivity contribution is -0.142. The minimum absolute atomic E-state index is 0.0711. The maximum absolute atomic E-state index is 12.1. The topological polar surface area (TPSA) is 50.9 Å². The monoisotopic (exact) mass is 217 g/mol. The lowest BCUT2D eigenvalue weighted by Gasteiger charge is -2.05. The molecule has 1 heterocycles. The molecule has 4 nitrogen and oxygen atoms in total. The highest BCUT2D eigenvalue weighted by molar-refractivity contribution is 5.80. The normalized spacial score (nSPS) is 12.2. The maximum Gasteiger partial charge on any atom is 0.408 e. The molecule has 0 spiro atoms. The van der Waals surface area contributed by atoms with Crippen molar-refractivity contribution in [2.45, 2.75) is 12.7 Å². The zero-order valence-electron chi connectivity index (χ0n) is 7.36. The molecule has 0 atom stereocenters. The van der Waals surface area contributed by atoms with E-state index < -0.39 is 12.7 Å². The van der Waals surface area contributed by atoms with Crippen molar-refractivity contribution < 1.29 is 18.3 Å². The summed E-state index contributed by atoms with van der Waals surface area (Å²) >= 11 is 0. The molecule has 15 heavy (non-hydrogen) atoms. The van der Waals surface area contributed by atoms with Gasteiger partial charge in [-0.25, -0.2) is 4.68 Å². The van der Waals surface area contributed by atoms with Crippen LogP contribution in [0.15, 0.2) is 18.2 Å². The highest BCUT2D eigenvalue weighted by Crippen LogP contribution is 2.24. The molecule has 0 aliphatic rings. The number of hydrogen-bond acceptors (Lipinski definition) is 3. The molecule has 2 aromatic rings. The maximum atomic E-state index is 12.1. The number of aromatic nitrogens is 3. The lowest BCUT2D eigenvalue weighted by atomic mass is 10.3. The van der Waals surface area contributed by atoms with E-state index in [0.29, 0.717) is 4.68 Å². The van der Waals surface area contributed by atoms with E-state index in [1.807, 2.05) is 0 Å². The van der Waals surface area contributed by atoms with Crippen LogP contribution in [-0.2, 0) is 6.54 Å². The molecule has 1 N–H and O–H groups in total. The van der Waals surface area contributed by atoms with Gasteiger partial charge in [-0.2, -0.15) is 13.2 Å². The number of hydrogen-bond donors (Lipinski definition) is 1. The van der Waals surface area contributed by atoms with Crippen molar-refractivity contribution in [2.75, 3.05) is 0 Å². The molecule has 1 aromatic carbocycles. The first kappa shape index (κ1) is 9.75. The second-order valence-corrected chi connectivity index (χ2v) is 3.01. The molecular weight excluding hydrogens is 211 g/mol. The highest BCUT2D eigenvalue weighted by atomic mass is 19.4. The molecule has 7 heteroatoms. The number of aromatic hydroxyl groups is 1. The second-order valence-electron chi connectivity index (χ2n) is 3.01. The average molecular weight is 217 g/mol. The SMILES string of the molecule is Oc1cccc2c1nnn2CC(F)(F)F. The van der Waals surface area contributed by atoms with Crippen LogP contribution < -0.4 is 0 Å². The predicted octanol–water partition coefficient (Wildman–Crippen LogP) is 1.70. The molecule has 2 rings (SSSR count). The van der Waals surface area contributed by atoms with E-state index in [-0.39, 0.29) is 16.8 Å². The summed E-state index contributed by atoms with van der Waals surface area (Å²) in [6.45, 7) is -1.22. The van der Waals surface area contributed by atoms with Gasteiger partial charge in [0.2, 0.25) is 0 Å². The fourth-order valence-electron chi connectivity index (χ4n) is 1.26. The third kappa shape index (κ3) is 1.85. The third-order valence-electron chi connectivity index (χ3n) is 1.85. The van der Waals surface area contributed by atoms with Crippen molar-refractivity contribution in [1.29, 1.82) is 0 Å². The van der Waals surface area contributed by atoms with Crippen LogP contribution in [0.5, 0.6) is 5.75 Å². The van der Waals surface area contributed by atoms with Crippen LogP contribution in [0.2, 0.25) is 0 Å². The van der Waals surface area contributed by atoms with Crippen molar-refractivity contribution in [2.24, 2.45) is 0 Å². The van der Waals surface area contributed by atoms with Crippen molar-refractivity contribution in [3.05, 3.63) is 18.2 Å². The summed E-state index contributed by atoms with van der Waals surface area (Å²) in [7, 11) is 0. The summed E-state index contributed by atoms with van der Waals surface area (Å²) in [5, 5.41) is 16.1. The smallest absolute Gasteiger partial charge is 0.408 e. The number of fused-ring (bicyclic) bond motifs is 1. The number of phenolic OH excluding ortho intramolecular Hbond substituents is 1. The van der Waals surface area contributed by atoms with Gasteiger partial charge in [-0.15, -0.1) is 5.10 Å². The molecule has 0 radical (unpaired) electrons. The first-order valence-corrected chi connectivity index (χ1v) is 4.05. The number of phenols is 1. The molecule has 80 valence electrons. The Kier molecular flexibility index (Phi) is 2.02. The van der Waals surface area contributed by atoms with E-state index in [1.165, 1.54) is 18.2 Å². The van der Waals surface area contributed by atoms with Crippen molar-refractivity contribution in [3.63, 3.8) is 0 Å². The van der Waals surface area contributed by atoms with Crippen LogP contribution in [0, 0.1) is 0 Å². The van der Waals surface area contributed by atoms with Gasteiger partial charge >= 0.3 is 6.18 Å². The van der Waals surface area contributed by atoms with Crippen LogP contribution in [0.3, 0.4) is 0 Å². The van der Waals surface area contributed by atoms with Crippen molar-refractivity contribution in [3.8, 4) is 5.75 Å². The number of nitrogens with zero attached hydrogens (tertiary/aromatic N) is 3. The van der Waals surface area contributed by atoms with E-state index in [0.717, 1.165) is 0 Å². The summed E-state index contributed by atoms with van der Waals surface area (Å²) in [5.41, 5.74) is 0.231. The number of benzene rings is 1. The molecule has 0 aliphatic heterocycles. The molecule has 0 aliphatic carbocycles. The standard InChI is InChI=1S/C8H6F3N3O/c9-8(10,11)4-14-5-2-1-3-6(15)7(5)12-13-14/h1-3,15H,4H2. The summed E-state index contributed by atoms with van der Waals surface area (Å²) in [6, 6.07) is 4.20. The molecule has 0 bridgehead atoms. The van der Waals surface area contributed by atoms with Gasteiger partial charge in [0.15, 0.2) is 5.52 Å². The van der Waals surface area contributed by atoms with E-state index in [1.54, 1.807) is 0 Å². The summed E-state index contributed by atoms with van der Waals surface area (Å²) in [5.74, 6) is -0.180. The zero-order chi connectivity index (χ0) is 11.1. The number of halogens is 3. The summed E-state index contributed by atoms with van der Waals surface area (Å²) in [4.78, 5) is 0. The minimum Gasteiger partial charge on any atom is -0.506 e. The molecule has 0 fully saturated rings. The molecule has 0 saturated carbocycles. The van der Waals surface area contributed by atoms with Crippen LogP contribution in [0.25, 0.3) is 11.0 Å². The quantitative estimate of drug-likeness (QED) is 0.790. The molecule has 1 aromatic heterocycles. The molecular formula is C8H6F3N3O. The largest absolute Gasteiger partial charge is 0.506 e. The van der Waals surface area contributed by atoms with Gasteiger partial charge in [-0.05, 0) is 12.1 Å². The third-order valence-corrected chi connectivity index (χ3v) is 1.85. The number of rotatable bonds is 1. The predicted molar refractivity (Wildman–Crippen MR) is 45.2 cm³/mol. The van der Waals surface area contributed by atoms with Crippen LogP contribution >= 0.6 is 0 Å². The summed E-state index contributed by atoms with van der Waals surface area (Å²) < 4.78 is 37.0. The van der Waals surface area contributed by atoms with E-state index in [2.05, 4.69) is 10.3 Å². The van der Waals surface area contributed by atoms with Gasteiger partial charge in [0.1, 0.15) is 12.3 Å². The van der Waals surface area contributed by atoms with Gasteiger partial charge in [0.25, 0.3) is 0 Å². The molecule has 0 amide bonds. The zero-order valence-corrected chi connectivity index (χ0v) is 7.36. The Labute approximate surface area is 81.9 Å². The first-order chi connectivity index (χ1) is 6.97. The van der Waals surface area contributed by atoms with E-state index in [9.17, 15) is 18.3 Å².